The first-order valence-corrected chi connectivity index (χ1v) is 9.89. The molecule has 0 aliphatic carbocycles. The molecule has 1 atom stereocenters. The Balaban J connectivity index is 3.05. The Kier molecular flexibility index (Phi) is 5.20. The summed E-state index contributed by atoms with van der Waals surface area (Å²) >= 11 is 0. The van der Waals surface area contributed by atoms with Gasteiger partial charge in [-0.25, -0.2) is 0 Å². The fraction of sp³-hybridized carbons (Fsp3) is 0.611. The highest BCUT2D eigenvalue weighted by atomic mass is 32.2. The molecule has 1 aromatic rings. The highest BCUT2D eigenvalue weighted by Crippen LogP contribution is 2.31. The summed E-state index contributed by atoms with van der Waals surface area (Å²) in [7, 11) is -2.20. The Bertz CT molecular complexity index is 555. The van der Waals surface area contributed by atoms with Crippen molar-refractivity contribution in [1.29, 1.82) is 0 Å². The molecule has 1 rings (SSSR count). The van der Waals surface area contributed by atoms with E-state index in [9.17, 15) is 4.21 Å². The Labute approximate surface area is 131 Å². The molecule has 0 N–H and O–H groups in total. The van der Waals surface area contributed by atoms with Gasteiger partial charge in [0.25, 0.3) is 0 Å². The molecule has 0 bridgehead atoms. The van der Waals surface area contributed by atoms with Gasteiger partial charge in [-0.1, -0.05) is 52.0 Å². The molecule has 0 aliphatic heterocycles. The summed E-state index contributed by atoms with van der Waals surface area (Å²) < 4.78 is 12.8. The van der Waals surface area contributed by atoms with Crippen molar-refractivity contribution < 1.29 is 4.21 Å². The van der Waals surface area contributed by atoms with Gasteiger partial charge in [-0.3, -0.25) is 9.20 Å². The Morgan fingerprint density at radius 1 is 1.24 bits per heavy atom. The summed E-state index contributed by atoms with van der Waals surface area (Å²) in [5.41, 5.74) is 2.11. The molecule has 1 aromatic carbocycles. The number of rotatable bonds is 5. The van der Waals surface area contributed by atoms with Crippen molar-refractivity contribution in [1.82, 2.24) is 0 Å². The van der Waals surface area contributed by atoms with Crippen molar-refractivity contribution in [3.05, 3.63) is 35.4 Å². The van der Waals surface area contributed by atoms with Crippen LogP contribution in [-0.2, 0) is 15.5 Å². The standard InChI is InChI=1S/C18H31NOS/c1-14(13-21(8,20)17(2,3)4)15-10-9-11-16(12-15)18(5,6)19-7/h9-12,14,21H,7,13H2,1-6,8H3. The third-order valence-electron chi connectivity index (χ3n) is 4.60. The van der Waals surface area contributed by atoms with E-state index in [-0.39, 0.29) is 16.2 Å². The number of hydrogen-bond donors (Lipinski definition) is 1. The molecule has 0 fully saturated rings. The van der Waals surface area contributed by atoms with Crippen molar-refractivity contribution >= 4 is 16.7 Å². The van der Waals surface area contributed by atoms with Gasteiger partial charge < -0.3 is 0 Å². The van der Waals surface area contributed by atoms with Gasteiger partial charge in [0.05, 0.1) is 5.54 Å². The SMILES string of the molecule is C=NC(C)(C)c1cccc(C(C)C[SH](C)(=O)C(C)(C)C)c1. The topological polar surface area (TPSA) is 29.4 Å². The number of benzene rings is 1. The summed E-state index contributed by atoms with van der Waals surface area (Å²) in [4.78, 5) is 4.20. The quantitative estimate of drug-likeness (QED) is 0.642. The Morgan fingerprint density at radius 2 is 1.81 bits per heavy atom. The van der Waals surface area contributed by atoms with Crippen LogP contribution in [-0.4, -0.2) is 27.7 Å². The highest BCUT2D eigenvalue weighted by molar-refractivity contribution is 8.03. The van der Waals surface area contributed by atoms with Crippen molar-refractivity contribution in [3.63, 3.8) is 0 Å². The van der Waals surface area contributed by atoms with Crippen molar-refractivity contribution in [2.45, 2.75) is 57.7 Å². The van der Waals surface area contributed by atoms with E-state index in [1.54, 1.807) is 0 Å². The average Bonchev–Trinajstić information content (AvgIpc) is 2.37. The normalized spacial score (nSPS) is 15.6. The molecule has 0 amide bonds. The van der Waals surface area contributed by atoms with Crippen LogP contribution in [0, 0.1) is 0 Å². The molecule has 2 nitrogen and oxygen atoms in total. The van der Waals surface area contributed by atoms with Crippen molar-refractivity contribution in [2.75, 3.05) is 12.0 Å². The van der Waals surface area contributed by atoms with Crippen LogP contribution in [0.2, 0.25) is 0 Å². The zero-order valence-corrected chi connectivity index (χ0v) is 15.5. The van der Waals surface area contributed by atoms with E-state index >= 15 is 0 Å². The van der Waals surface area contributed by atoms with E-state index in [0.29, 0.717) is 0 Å². The number of thiol groups is 1. The molecule has 0 saturated carbocycles. The molecular weight excluding hydrogens is 278 g/mol. The second kappa shape index (κ2) is 6.04. The van der Waals surface area contributed by atoms with Crippen LogP contribution in [0.4, 0.5) is 0 Å². The molecule has 0 heterocycles. The van der Waals surface area contributed by atoms with Crippen LogP contribution in [0.25, 0.3) is 0 Å². The van der Waals surface area contributed by atoms with Crippen molar-refractivity contribution in [2.24, 2.45) is 4.99 Å². The predicted molar refractivity (Wildman–Crippen MR) is 97.5 cm³/mol. The van der Waals surface area contributed by atoms with Crippen LogP contribution in [0.5, 0.6) is 0 Å². The molecular formula is C18H31NOS. The molecule has 1 unspecified atom stereocenters. The predicted octanol–water partition coefficient (Wildman–Crippen LogP) is 4.17. The van der Waals surface area contributed by atoms with Gasteiger partial charge in [-0.15, -0.1) is 9.93 Å². The maximum atomic E-state index is 12.9. The molecule has 0 aromatic heterocycles. The largest absolute Gasteiger partial charge is 0.290 e. The van der Waals surface area contributed by atoms with Gasteiger partial charge in [0.15, 0.2) is 0 Å². The lowest BCUT2D eigenvalue weighted by Crippen LogP contribution is -2.38. The highest BCUT2D eigenvalue weighted by Gasteiger charge is 2.28. The molecule has 0 saturated heterocycles. The van der Waals surface area contributed by atoms with Gasteiger partial charge in [0.1, 0.15) is 0 Å². The van der Waals surface area contributed by atoms with E-state index in [2.05, 4.69) is 77.5 Å². The smallest absolute Gasteiger partial charge is 0.0793 e. The minimum Gasteiger partial charge on any atom is -0.290 e. The molecule has 0 aliphatic rings. The van der Waals surface area contributed by atoms with E-state index in [1.807, 2.05) is 6.26 Å². The van der Waals surface area contributed by atoms with Crippen LogP contribution in [0.1, 0.15) is 58.6 Å². The fourth-order valence-corrected chi connectivity index (χ4v) is 4.02. The van der Waals surface area contributed by atoms with Gasteiger partial charge in [0.2, 0.25) is 0 Å². The summed E-state index contributed by atoms with van der Waals surface area (Å²) in [6, 6.07) is 8.45. The summed E-state index contributed by atoms with van der Waals surface area (Å²) in [6.45, 7) is 16.2. The monoisotopic (exact) mass is 309 g/mol. The van der Waals surface area contributed by atoms with Gasteiger partial charge in [-0.05, 0) is 43.9 Å². The van der Waals surface area contributed by atoms with Crippen molar-refractivity contribution in [3.8, 4) is 0 Å². The van der Waals surface area contributed by atoms with E-state index in [4.69, 9.17) is 0 Å². The maximum Gasteiger partial charge on any atom is 0.0793 e. The zero-order chi connectivity index (χ0) is 16.5. The second-order valence-electron chi connectivity index (χ2n) is 7.70. The first kappa shape index (κ1) is 18.1. The first-order chi connectivity index (χ1) is 9.40. The lowest BCUT2D eigenvalue weighted by atomic mass is 9.91. The minimum absolute atomic E-state index is 0.138. The van der Waals surface area contributed by atoms with E-state index < -0.39 is 9.93 Å². The lowest BCUT2D eigenvalue weighted by molar-refractivity contribution is 0.561. The van der Waals surface area contributed by atoms with E-state index in [1.165, 1.54) is 5.56 Å². The van der Waals surface area contributed by atoms with E-state index in [0.717, 1.165) is 11.3 Å². The summed E-state index contributed by atoms with van der Waals surface area (Å²) in [5, 5.41) is 0. The van der Waals surface area contributed by atoms with Gasteiger partial charge in [-0.2, -0.15) is 0 Å². The summed E-state index contributed by atoms with van der Waals surface area (Å²) in [5.74, 6) is 1.02. The summed E-state index contributed by atoms with van der Waals surface area (Å²) in [6.07, 6.45) is 1.93. The molecule has 0 spiro atoms. The van der Waals surface area contributed by atoms with Crippen LogP contribution in [0.3, 0.4) is 0 Å². The maximum absolute atomic E-state index is 12.9. The third kappa shape index (κ3) is 4.26. The number of aliphatic imine (C=N–C) groups is 1. The second-order valence-corrected chi connectivity index (χ2v) is 11.6. The van der Waals surface area contributed by atoms with Gasteiger partial charge in [0, 0.05) is 10.5 Å². The fourth-order valence-electron chi connectivity index (χ4n) is 2.22. The molecule has 3 heteroatoms. The van der Waals surface area contributed by atoms with Gasteiger partial charge >= 0.3 is 0 Å². The molecule has 0 radical (unpaired) electrons. The van der Waals surface area contributed by atoms with Crippen LogP contribution in [0.15, 0.2) is 29.3 Å². The Hall–Kier alpha value is -0.960. The third-order valence-corrected chi connectivity index (χ3v) is 8.68. The average molecular weight is 310 g/mol. The zero-order valence-electron chi connectivity index (χ0n) is 14.6. The first-order valence-electron chi connectivity index (χ1n) is 7.56. The molecule has 120 valence electrons. The lowest BCUT2D eigenvalue weighted by Gasteiger charge is -2.35. The minimum atomic E-state index is -2.20. The number of hydrogen-bond acceptors (Lipinski definition) is 2. The Morgan fingerprint density at radius 3 is 2.29 bits per heavy atom. The van der Waals surface area contributed by atoms with Crippen LogP contribution < -0.4 is 0 Å². The van der Waals surface area contributed by atoms with Crippen LogP contribution >= 0.6 is 0 Å². The molecule has 21 heavy (non-hydrogen) atoms. The number of nitrogens with zero attached hydrogens (tertiary/aromatic N) is 1.